The summed E-state index contributed by atoms with van der Waals surface area (Å²) in [6, 6.07) is 8.89. The predicted molar refractivity (Wildman–Crippen MR) is 73.8 cm³/mol. The highest BCUT2D eigenvalue weighted by molar-refractivity contribution is 5.36. The molecule has 0 aliphatic heterocycles. The van der Waals surface area contributed by atoms with Gasteiger partial charge in [0.15, 0.2) is 0 Å². The Kier molecular flexibility index (Phi) is 5.49. The monoisotopic (exact) mass is 235 g/mol. The van der Waals surface area contributed by atoms with Gasteiger partial charge in [-0.1, -0.05) is 25.1 Å². The van der Waals surface area contributed by atoms with E-state index in [0.717, 1.165) is 12.2 Å². The number of ether oxygens (including phenoxy) is 1. The number of hydrogen-bond donors (Lipinski definition) is 1. The van der Waals surface area contributed by atoms with Gasteiger partial charge < -0.3 is 10.1 Å². The van der Waals surface area contributed by atoms with E-state index in [-0.39, 0.29) is 6.10 Å². The fourth-order valence-electron chi connectivity index (χ4n) is 2.02. The molecule has 96 valence electrons. The van der Waals surface area contributed by atoms with Gasteiger partial charge in [-0.3, -0.25) is 0 Å². The van der Waals surface area contributed by atoms with Crippen LogP contribution < -0.4 is 10.1 Å². The van der Waals surface area contributed by atoms with Crippen molar-refractivity contribution < 1.29 is 4.74 Å². The van der Waals surface area contributed by atoms with Crippen LogP contribution in [-0.4, -0.2) is 19.2 Å². The van der Waals surface area contributed by atoms with Gasteiger partial charge in [0, 0.05) is 6.04 Å². The molecule has 0 fully saturated rings. The molecule has 2 atom stereocenters. The van der Waals surface area contributed by atoms with Crippen molar-refractivity contribution in [2.75, 3.05) is 7.05 Å². The van der Waals surface area contributed by atoms with Crippen molar-refractivity contribution in [1.29, 1.82) is 0 Å². The molecule has 0 bridgehead atoms. The standard InChI is InChI=1S/C15H25NO/c1-11(2)17-15-9-7-6-8-14(15)12(3)10-13(4)16-5/h6-9,11-13,16H,10H2,1-5H3. The van der Waals surface area contributed by atoms with Crippen molar-refractivity contribution >= 4 is 0 Å². The van der Waals surface area contributed by atoms with Gasteiger partial charge in [0.1, 0.15) is 5.75 Å². The highest BCUT2D eigenvalue weighted by atomic mass is 16.5. The number of hydrogen-bond acceptors (Lipinski definition) is 2. The third kappa shape index (κ3) is 4.39. The van der Waals surface area contributed by atoms with Crippen LogP contribution in [-0.2, 0) is 0 Å². The molecule has 1 aromatic carbocycles. The van der Waals surface area contributed by atoms with Crippen molar-refractivity contribution in [3.63, 3.8) is 0 Å². The second kappa shape index (κ2) is 6.65. The summed E-state index contributed by atoms with van der Waals surface area (Å²) in [5, 5.41) is 3.29. The summed E-state index contributed by atoms with van der Waals surface area (Å²) >= 11 is 0. The molecule has 1 N–H and O–H groups in total. The normalized spacial score (nSPS) is 14.7. The maximum atomic E-state index is 5.86. The average Bonchev–Trinajstić information content (AvgIpc) is 2.28. The van der Waals surface area contributed by atoms with Crippen LogP contribution >= 0.6 is 0 Å². The lowest BCUT2D eigenvalue weighted by Crippen LogP contribution is -2.23. The largest absolute Gasteiger partial charge is 0.491 e. The SMILES string of the molecule is CNC(C)CC(C)c1ccccc1OC(C)C. The van der Waals surface area contributed by atoms with Crippen LogP contribution in [0, 0.1) is 0 Å². The Balaban J connectivity index is 2.81. The summed E-state index contributed by atoms with van der Waals surface area (Å²) in [4.78, 5) is 0. The molecule has 17 heavy (non-hydrogen) atoms. The van der Waals surface area contributed by atoms with Crippen LogP contribution in [0.15, 0.2) is 24.3 Å². The molecule has 1 rings (SSSR count). The molecule has 0 saturated heterocycles. The van der Waals surface area contributed by atoms with Crippen LogP contribution in [0.1, 0.15) is 45.6 Å². The molecule has 2 nitrogen and oxygen atoms in total. The van der Waals surface area contributed by atoms with E-state index in [1.807, 2.05) is 13.1 Å². The van der Waals surface area contributed by atoms with Crippen molar-refractivity contribution in [2.24, 2.45) is 0 Å². The minimum atomic E-state index is 0.227. The van der Waals surface area contributed by atoms with Gasteiger partial charge in [-0.25, -0.2) is 0 Å². The predicted octanol–water partition coefficient (Wildman–Crippen LogP) is 3.58. The maximum absolute atomic E-state index is 5.86. The molecule has 2 unspecified atom stereocenters. The van der Waals surface area contributed by atoms with Gasteiger partial charge >= 0.3 is 0 Å². The van der Waals surface area contributed by atoms with Crippen molar-refractivity contribution in [1.82, 2.24) is 5.32 Å². The minimum absolute atomic E-state index is 0.227. The number of benzene rings is 1. The molecule has 0 aliphatic carbocycles. The summed E-state index contributed by atoms with van der Waals surface area (Å²) < 4.78 is 5.86. The molecule has 0 radical (unpaired) electrons. The van der Waals surface area contributed by atoms with Crippen molar-refractivity contribution in [3.8, 4) is 5.75 Å². The lowest BCUT2D eigenvalue weighted by molar-refractivity contribution is 0.238. The molecular weight excluding hydrogens is 210 g/mol. The van der Waals surface area contributed by atoms with E-state index in [1.165, 1.54) is 5.56 Å². The van der Waals surface area contributed by atoms with Crippen molar-refractivity contribution in [3.05, 3.63) is 29.8 Å². The van der Waals surface area contributed by atoms with Gasteiger partial charge in [0.25, 0.3) is 0 Å². The molecule has 2 heteroatoms. The smallest absolute Gasteiger partial charge is 0.123 e. The number of nitrogens with one attached hydrogen (secondary N) is 1. The lowest BCUT2D eigenvalue weighted by Gasteiger charge is -2.21. The van der Waals surface area contributed by atoms with E-state index < -0.39 is 0 Å². The van der Waals surface area contributed by atoms with E-state index in [1.54, 1.807) is 0 Å². The first-order chi connectivity index (χ1) is 8.04. The van der Waals surface area contributed by atoms with Gasteiger partial charge in [-0.2, -0.15) is 0 Å². The van der Waals surface area contributed by atoms with E-state index in [2.05, 4.69) is 51.2 Å². The molecule has 0 aromatic heterocycles. The van der Waals surface area contributed by atoms with Crippen LogP contribution in [0.4, 0.5) is 0 Å². The molecule has 0 saturated carbocycles. The summed E-state index contributed by atoms with van der Waals surface area (Å²) in [7, 11) is 2.01. The summed E-state index contributed by atoms with van der Waals surface area (Å²) in [6.45, 7) is 8.61. The highest BCUT2D eigenvalue weighted by Gasteiger charge is 2.14. The Morgan fingerprint density at radius 3 is 2.35 bits per heavy atom. The first kappa shape index (κ1) is 14.0. The Labute approximate surface area is 105 Å². The summed E-state index contributed by atoms with van der Waals surface area (Å²) in [6.07, 6.45) is 1.35. The number of rotatable bonds is 6. The van der Waals surface area contributed by atoms with Crippen molar-refractivity contribution in [2.45, 2.75) is 52.2 Å². The summed E-state index contributed by atoms with van der Waals surface area (Å²) in [5.41, 5.74) is 1.31. The van der Waals surface area contributed by atoms with E-state index >= 15 is 0 Å². The van der Waals surface area contributed by atoms with E-state index in [0.29, 0.717) is 12.0 Å². The molecular formula is C15H25NO. The zero-order chi connectivity index (χ0) is 12.8. The topological polar surface area (TPSA) is 21.3 Å². The minimum Gasteiger partial charge on any atom is -0.491 e. The average molecular weight is 235 g/mol. The third-order valence-corrected chi connectivity index (χ3v) is 3.01. The second-order valence-electron chi connectivity index (χ2n) is 5.03. The van der Waals surface area contributed by atoms with E-state index in [4.69, 9.17) is 4.74 Å². The fraction of sp³-hybridized carbons (Fsp3) is 0.600. The van der Waals surface area contributed by atoms with Gasteiger partial charge in [0.05, 0.1) is 6.10 Å². The Hall–Kier alpha value is -1.02. The fourth-order valence-corrected chi connectivity index (χ4v) is 2.02. The van der Waals surface area contributed by atoms with Gasteiger partial charge in [-0.15, -0.1) is 0 Å². The van der Waals surface area contributed by atoms with Gasteiger partial charge in [-0.05, 0) is 51.8 Å². The highest BCUT2D eigenvalue weighted by Crippen LogP contribution is 2.30. The third-order valence-electron chi connectivity index (χ3n) is 3.01. The number of para-hydroxylation sites is 1. The molecule has 0 spiro atoms. The maximum Gasteiger partial charge on any atom is 0.123 e. The second-order valence-corrected chi connectivity index (χ2v) is 5.03. The first-order valence-electron chi connectivity index (χ1n) is 6.47. The Bertz CT molecular complexity index is 335. The molecule has 0 aliphatic rings. The lowest BCUT2D eigenvalue weighted by atomic mass is 9.94. The molecule has 0 amide bonds. The van der Waals surface area contributed by atoms with Crippen LogP contribution in [0.3, 0.4) is 0 Å². The van der Waals surface area contributed by atoms with Crippen LogP contribution in [0.2, 0.25) is 0 Å². The molecule has 1 aromatic rings. The zero-order valence-electron chi connectivity index (χ0n) is 11.7. The summed E-state index contributed by atoms with van der Waals surface area (Å²) in [5.74, 6) is 1.53. The quantitative estimate of drug-likeness (QED) is 0.814. The van der Waals surface area contributed by atoms with E-state index in [9.17, 15) is 0 Å². The molecule has 0 heterocycles. The van der Waals surface area contributed by atoms with Gasteiger partial charge in [0.2, 0.25) is 0 Å². The van der Waals surface area contributed by atoms with Crippen LogP contribution in [0.5, 0.6) is 5.75 Å². The Morgan fingerprint density at radius 2 is 1.76 bits per heavy atom. The first-order valence-corrected chi connectivity index (χ1v) is 6.47. The van der Waals surface area contributed by atoms with Crippen LogP contribution in [0.25, 0.3) is 0 Å². The Morgan fingerprint density at radius 1 is 1.12 bits per heavy atom. The zero-order valence-corrected chi connectivity index (χ0v) is 11.7.